The van der Waals surface area contributed by atoms with E-state index in [2.05, 4.69) is 24.1 Å². The summed E-state index contributed by atoms with van der Waals surface area (Å²) < 4.78 is 0. The number of halogens is 1. The van der Waals surface area contributed by atoms with Crippen molar-refractivity contribution in [1.82, 2.24) is 0 Å². The molecule has 0 aliphatic rings. The van der Waals surface area contributed by atoms with Crippen LogP contribution in [0, 0.1) is 0 Å². The van der Waals surface area contributed by atoms with Gasteiger partial charge in [-0.3, -0.25) is 0 Å². The second-order valence-electron chi connectivity index (χ2n) is 2.72. The van der Waals surface area contributed by atoms with Gasteiger partial charge >= 0.3 is 0 Å². The van der Waals surface area contributed by atoms with Crippen molar-refractivity contribution in [3.63, 3.8) is 0 Å². The van der Waals surface area contributed by atoms with Crippen LogP contribution < -0.4 is 0 Å². The van der Waals surface area contributed by atoms with Crippen LogP contribution in [-0.2, 0) is 0 Å². The molecule has 46 valence electrons. The Kier molecular flexibility index (Phi) is 1.60. The first-order valence-corrected chi connectivity index (χ1v) is 6.35. The summed E-state index contributed by atoms with van der Waals surface area (Å²) in [5, 5.41) is 2.08. The molecule has 0 aliphatic heterocycles. The first-order valence-electron chi connectivity index (χ1n) is 2.19. The normalized spacial score (nSPS) is 17.6. The van der Waals surface area contributed by atoms with Crippen LogP contribution in [0.3, 0.4) is 0 Å². The maximum Gasteiger partial charge on any atom is -0.0263 e. The van der Waals surface area contributed by atoms with Crippen molar-refractivity contribution >= 4 is 24.0 Å². The highest BCUT2D eigenvalue weighted by molar-refractivity contribution is 8.61. The van der Waals surface area contributed by atoms with Crippen molar-refractivity contribution in [2.45, 2.75) is 6.92 Å². The summed E-state index contributed by atoms with van der Waals surface area (Å²) in [7, 11) is 4.51. The van der Waals surface area contributed by atoms with E-state index in [1.807, 2.05) is 6.92 Å². The van der Waals surface area contributed by atoms with Crippen LogP contribution in [0.25, 0.3) is 0 Å². The monoisotopic (exact) mass is 140 g/mol. The molecule has 2 heteroatoms. The van der Waals surface area contributed by atoms with Gasteiger partial charge in [0.2, 0.25) is 0 Å². The Morgan fingerprint density at radius 2 is 1.43 bits per heavy atom. The van der Waals surface area contributed by atoms with Crippen LogP contribution in [-0.4, -0.2) is 24.1 Å². The van der Waals surface area contributed by atoms with E-state index in [9.17, 15) is 0 Å². The number of rotatable bonds is 0. The van der Waals surface area contributed by atoms with E-state index in [-0.39, 0.29) is 0 Å². The Morgan fingerprint density at radius 1 is 1.29 bits per heavy atom. The molecule has 0 aromatic rings. The zero-order chi connectivity index (χ0) is 6.15. The molecule has 0 bridgehead atoms. The Hall–Kier alpha value is 0.510. The second-order valence-corrected chi connectivity index (χ2v) is 11.5. The van der Waals surface area contributed by atoms with Crippen molar-refractivity contribution < 1.29 is 0 Å². The largest absolute Gasteiger partial charge is 0.188 e. The van der Waals surface area contributed by atoms with Gasteiger partial charge in [-0.25, -0.2) is 0 Å². The van der Waals surface area contributed by atoms with Gasteiger partial charge in [0, 0.05) is 0 Å². The van der Waals surface area contributed by atoms with Crippen LogP contribution in [0.4, 0.5) is 0 Å². The molecule has 0 spiro atoms. The third-order valence-corrected chi connectivity index (χ3v) is 2.92. The average molecular weight is 141 g/mol. The highest BCUT2D eigenvalue weighted by Gasteiger charge is 2.04. The molecular weight excluding hydrogens is 128 g/mol. The lowest BCUT2D eigenvalue weighted by atomic mass is 11.0. The van der Waals surface area contributed by atoms with Gasteiger partial charge in [-0.2, -0.15) is 7.96 Å². The van der Waals surface area contributed by atoms with E-state index in [1.165, 1.54) is 0 Å². The number of hydrogen-bond donors (Lipinski definition) is 0. The molecule has 0 N–H and O–H groups in total. The van der Waals surface area contributed by atoms with Gasteiger partial charge in [-0.15, -0.1) is 0 Å². The van der Waals surface area contributed by atoms with Gasteiger partial charge in [0.05, 0.1) is 0 Å². The van der Waals surface area contributed by atoms with Crippen LogP contribution in [0.2, 0.25) is 0 Å². The van der Waals surface area contributed by atoms with Gasteiger partial charge in [0.1, 0.15) is 0 Å². The summed E-state index contributed by atoms with van der Waals surface area (Å²) in [4.78, 5) is 0. The fourth-order valence-corrected chi connectivity index (χ4v) is 0. The Labute approximate surface area is 50.2 Å². The lowest BCUT2D eigenvalue weighted by Crippen LogP contribution is -1.92. The van der Waals surface area contributed by atoms with Crippen molar-refractivity contribution in [1.29, 1.82) is 0 Å². The molecule has 0 radical (unpaired) electrons. The lowest BCUT2D eigenvalue weighted by Gasteiger charge is -2.27. The summed E-state index contributed by atoms with van der Waals surface area (Å²) >= 11 is 0. The first-order chi connectivity index (χ1) is 2.81. The molecule has 0 aromatic carbocycles. The molecule has 0 aromatic heterocycles. The minimum absolute atomic E-state index is 1.52. The zero-order valence-corrected chi connectivity index (χ0v) is 6.94. The Morgan fingerprint density at radius 3 is 1.43 bits per heavy atom. The molecule has 0 aliphatic carbocycles. The Balaban J connectivity index is 4.47. The molecule has 0 rings (SSSR count). The molecule has 7 heavy (non-hydrogen) atoms. The molecule has 0 nitrogen and oxygen atoms in total. The summed E-state index contributed by atoms with van der Waals surface area (Å²) in [6.45, 7) is 2.01. The van der Waals surface area contributed by atoms with Gasteiger partial charge in [0.15, 0.2) is 0 Å². The molecule has 0 atom stereocenters. The SMILES string of the molecule is CC=S(C)(C)(C)Cl. The molecule has 0 amide bonds. The minimum atomic E-state index is -1.52. The van der Waals surface area contributed by atoms with Gasteiger partial charge in [0.25, 0.3) is 0 Å². The van der Waals surface area contributed by atoms with E-state index in [0.29, 0.717) is 0 Å². The molecule has 0 fully saturated rings. The number of hydrogen-bond acceptors (Lipinski definition) is 0. The topological polar surface area (TPSA) is 0 Å². The van der Waals surface area contributed by atoms with Crippen LogP contribution in [0.5, 0.6) is 0 Å². The standard InChI is InChI=1S/C5H13ClS/c1-5-7(2,3,4)6/h5H,1-4H3. The van der Waals surface area contributed by atoms with Crippen molar-refractivity contribution in [3.05, 3.63) is 0 Å². The van der Waals surface area contributed by atoms with E-state index in [0.717, 1.165) is 0 Å². The van der Waals surface area contributed by atoms with Gasteiger partial charge in [-0.05, 0) is 25.7 Å². The first kappa shape index (κ1) is 7.51. The van der Waals surface area contributed by atoms with E-state index >= 15 is 0 Å². The van der Waals surface area contributed by atoms with E-state index in [1.54, 1.807) is 0 Å². The van der Waals surface area contributed by atoms with Crippen molar-refractivity contribution in [3.8, 4) is 0 Å². The van der Waals surface area contributed by atoms with E-state index < -0.39 is 7.96 Å². The summed E-state index contributed by atoms with van der Waals surface area (Å²) in [5.41, 5.74) is 0. The van der Waals surface area contributed by atoms with Gasteiger partial charge < -0.3 is 0 Å². The van der Waals surface area contributed by atoms with Crippen molar-refractivity contribution in [2.24, 2.45) is 0 Å². The lowest BCUT2D eigenvalue weighted by molar-refractivity contribution is 2.07. The van der Waals surface area contributed by atoms with Crippen LogP contribution in [0.1, 0.15) is 6.92 Å². The second kappa shape index (κ2) is 1.49. The highest BCUT2D eigenvalue weighted by atomic mass is 35.7. The highest BCUT2D eigenvalue weighted by Crippen LogP contribution is 2.51. The fourth-order valence-electron chi connectivity index (χ4n) is 0. The average Bonchev–Trinajstić information content (AvgIpc) is 1.32. The van der Waals surface area contributed by atoms with Crippen molar-refractivity contribution in [2.75, 3.05) is 18.8 Å². The summed E-state index contributed by atoms with van der Waals surface area (Å²) in [6.07, 6.45) is 6.25. The van der Waals surface area contributed by atoms with Crippen LogP contribution in [0.15, 0.2) is 0 Å². The van der Waals surface area contributed by atoms with E-state index in [4.69, 9.17) is 10.7 Å². The summed E-state index contributed by atoms with van der Waals surface area (Å²) in [5.74, 6) is 0. The molecule has 0 unspecified atom stereocenters. The third kappa shape index (κ3) is 6.51. The van der Waals surface area contributed by atoms with Crippen LogP contribution >= 0.6 is 18.6 Å². The minimum Gasteiger partial charge on any atom is -0.188 e. The molecule has 0 saturated heterocycles. The summed E-state index contributed by atoms with van der Waals surface area (Å²) in [6, 6.07) is 0. The third-order valence-electron chi connectivity index (χ3n) is 0.796. The zero-order valence-electron chi connectivity index (χ0n) is 5.36. The molecule has 0 heterocycles. The quantitative estimate of drug-likeness (QED) is 0.453. The predicted octanol–water partition coefficient (Wildman–Crippen LogP) is 2.19. The molecule has 0 saturated carbocycles. The maximum atomic E-state index is 6.03. The smallest absolute Gasteiger partial charge is 0.0263 e. The maximum absolute atomic E-state index is 6.03. The van der Waals surface area contributed by atoms with Gasteiger partial charge in [-0.1, -0.05) is 16.0 Å². The Bertz CT molecular complexity index is 106. The molecular formula is C5H13ClS. The fraction of sp³-hybridized carbons (Fsp3) is 0.800. The predicted molar refractivity (Wildman–Crippen MR) is 43.0 cm³/mol.